The van der Waals surface area contributed by atoms with Crippen molar-refractivity contribution in [3.63, 3.8) is 0 Å². The molecule has 5 heteroatoms. The zero-order valence-corrected chi connectivity index (χ0v) is 13.2. The standard InChI is InChI=1S/C16H21ClO4/c1-16(2,15(18)19)9-11-5-6-14(13(17)8-11)21-12-4-3-7-20-10-12/h5-6,8,12H,3-4,7,9-10H2,1-2H3,(H,18,19). The molecule has 1 aliphatic heterocycles. The van der Waals surface area contributed by atoms with Crippen molar-refractivity contribution in [3.8, 4) is 5.75 Å². The fraction of sp³-hybridized carbons (Fsp3) is 0.562. The molecule has 0 radical (unpaired) electrons. The summed E-state index contributed by atoms with van der Waals surface area (Å²) in [6.07, 6.45) is 2.42. The molecule has 1 atom stereocenters. The van der Waals surface area contributed by atoms with Crippen molar-refractivity contribution < 1.29 is 19.4 Å². The van der Waals surface area contributed by atoms with Gasteiger partial charge >= 0.3 is 5.97 Å². The minimum atomic E-state index is -0.821. The molecule has 1 saturated heterocycles. The van der Waals surface area contributed by atoms with E-state index in [4.69, 9.17) is 21.1 Å². The van der Waals surface area contributed by atoms with Crippen LogP contribution in [0.5, 0.6) is 5.75 Å². The second-order valence-corrected chi connectivity index (χ2v) is 6.49. The molecule has 1 N–H and O–H groups in total. The number of aliphatic carboxylic acids is 1. The van der Waals surface area contributed by atoms with Crippen molar-refractivity contribution in [2.75, 3.05) is 13.2 Å². The quantitative estimate of drug-likeness (QED) is 0.903. The van der Waals surface area contributed by atoms with E-state index in [1.54, 1.807) is 19.9 Å². The fourth-order valence-corrected chi connectivity index (χ4v) is 2.57. The monoisotopic (exact) mass is 312 g/mol. The Hall–Kier alpha value is -1.26. The molecule has 1 fully saturated rings. The van der Waals surface area contributed by atoms with Crippen molar-refractivity contribution in [1.29, 1.82) is 0 Å². The van der Waals surface area contributed by atoms with E-state index in [0.717, 1.165) is 25.0 Å². The number of ether oxygens (including phenoxy) is 2. The van der Waals surface area contributed by atoms with Crippen LogP contribution in [0.25, 0.3) is 0 Å². The molecule has 1 aromatic carbocycles. The normalized spacial score (nSPS) is 19.3. The van der Waals surface area contributed by atoms with Gasteiger partial charge in [0.25, 0.3) is 0 Å². The maximum absolute atomic E-state index is 11.2. The first-order valence-corrected chi connectivity index (χ1v) is 7.52. The lowest BCUT2D eigenvalue weighted by atomic mass is 9.86. The number of benzene rings is 1. The third kappa shape index (κ3) is 4.35. The number of carboxylic acids is 1. The number of carbonyl (C=O) groups is 1. The summed E-state index contributed by atoms with van der Waals surface area (Å²) in [6.45, 7) is 4.78. The van der Waals surface area contributed by atoms with E-state index >= 15 is 0 Å². The zero-order chi connectivity index (χ0) is 15.5. The van der Waals surface area contributed by atoms with Gasteiger partial charge in [-0.3, -0.25) is 4.79 Å². The molecule has 4 nitrogen and oxygen atoms in total. The Bertz CT molecular complexity index is 507. The summed E-state index contributed by atoms with van der Waals surface area (Å²) in [7, 11) is 0. The molecular formula is C16H21ClO4. The first-order valence-electron chi connectivity index (χ1n) is 7.15. The molecule has 0 aliphatic carbocycles. The summed E-state index contributed by atoms with van der Waals surface area (Å²) in [5.74, 6) is -0.192. The van der Waals surface area contributed by atoms with Crippen LogP contribution in [0.4, 0.5) is 0 Å². The minimum Gasteiger partial charge on any atom is -0.486 e. The number of hydrogen-bond acceptors (Lipinski definition) is 3. The van der Waals surface area contributed by atoms with Crippen LogP contribution in [0.15, 0.2) is 18.2 Å². The highest BCUT2D eigenvalue weighted by molar-refractivity contribution is 6.32. The minimum absolute atomic E-state index is 0.0394. The van der Waals surface area contributed by atoms with Gasteiger partial charge < -0.3 is 14.6 Å². The third-order valence-electron chi connectivity index (χ3n) is 3.63. The van der Waals surface area contributed by atoms with Gasteiger partial charge in [0.05, 0.1) is 17.0 Å². The number of rotatable bonds is 5. The second-order valence-electron chi connectivity index (χ2n) is 6.09. The molecule has 21 heavy (non-hydrogen) atoms. The highest BCUT2D eigenvalue weighted by Crippen LogP contribution is 2.30. The lowest BCUT2D eigenvalue weighted by Gasteiger charge is -2.24. The topological polar surface area (TPSA) is 55.8 Å². The molecule has 1 heterocycles. The van der Waals surface area contributed by atoms with E-state index in [9.17, 15) is 9.90 Å². The van der Waals surface area contributed by atoms with E-state index in [-0.39, 0.29) is 6.10 Å². The van der Waals surface area contributed by atoms with E-state index in [1.807, 2.05) is 12.1 Å². The van der Waals surface area contributed by atoms with E-state index in [0.29, 0.717) is 23.8 Å². The van der Waals surface area contributed by atoms with Crippen LogP contribution in [0.2, 0.25) is 5.02 Å². The third-order valence-corrected chi connectivity index (χ3v) is 3.93. The molecule has 0 aromatic heterocycles. The highest BCUT2D eigenvalue weighted by Gasteiger charge is 2.27. The predicted molar refractivity (Wildman–Crippen MR) is 81.0 cm³/mol. The Kier molecular flexibility index (Phi) is 5.12. The van der Waals surface area contributed by atoms with Crippen LogP contribution in [0, 0.1) is 5.41 Å². The predicted octanol–water partition coefficient (Wildman–Crippen LogP) is 3.55. The summed E-state index contributed by atoms with van der Waals surface area (Å²) in [5.41, 5.74) is 0.0720. The molecule has 0 amide bonds. The average Bonchev–Trinajstić information content (AvgIpc) is 2.42. The van der Waals surface area contributed by atoms with Crippen molar-refractivity contribution in [3.05, 3.63) is 28.8 Å². The fourth-order valence-electron chi connectivity index (χ4n) is 2.32. The van der Waals surface area contributed by atoms with Crippen molar-refractivity contribution >= 4 is 17.6 Å². The molecule has 116 valence electrons. The smallest absolute Gasteiger partial charge is 0.309 e. The van der Waals surface area contributed by atoms with Gasteiger partial charge in [-0.1, -0.05) is 17.7 Å². The van der Waals surface area contributed by atoms with Crippen LogP contribution >= 0.6 is 11.6 Å². The second kappa shape index (κ2) is 6.67. The average molecular weight is 313 g/mol. The Labute approximate surface area is 130 Å². The van der Waals surface area contributed by atoms with Crippen LogP contribution < -0.4 is 4.74 Å². The van der Waals surface area contributed by atoms with E-state index in [2.05, 4.69) is 0 Å². The van der Waals surface area contributed by atoms with Crippen molar-refractivity contribution in [1.82, 2.24) is 0 Å². The summed E-state index contributed by atoms with van der Waals surface area (Å²) in [4.78, 5) is 11.2. The van der Waals surface area contributed by atoms with Gasteiger partial charge in [0.1, 0.15) is 11.9 Å². The first-order chi connectivity index (χ1) is 9.88. The largest absolute Gasteiger partial charge is 0.486 e. The summed E-state index contributed by atoms with van der Waals surface area (Å²) >= 11 is 6.24. The van der Waals surface area contributed by atoms with Gasteiger partial charge in [-0.2, -0.15) is 0 Å². The van der Waals surface area contributed by atoms with Gasteiger partial charge in [-0.25, -0.2) is 0 Å². The van der Waals surface area contributed by atoms with Gasteiger partial charge in [-0.05, 0) is 50.8 Å². The Balaban J connectivity index is 2.05. The maximum Gasteiger partial charge on any atom is 0.309 e. The summed E-state index contributed by atoms with van der Waals surface area (Å²) in [6, 6.07) is 5.46. The number of halogens is 1. The number of hydrogen-bond donors (Lipinski definition) is 1. The van der Waals surface area contributed by atoms with Gasteiger partial charge in [-0.15, -0.1) is 0 Å². The highest BCUT2D eigenvalue weighted by atomic mass is 35.5. The summed E-state index contributed by atoms with van der Waals surface area (Å²) < 4.78 is 11.2. The Morgan fingerprint density at radius 1 is 1.52 bits per heavy atom. The zero-order valence-electron chi connectivity index (χ0n) is 12.4. The van der Waals surface area contributed by atoms with Crippen LogP contribution in [0.3, 0.4) is 0 Å². The van der Waals surface area contributed by atoms with E-state index < -0.39 is 11.4 Å². The van der Waals surface area contributed by atoms with E-state index in [1.165, 1.54) is 0 Å². The molecule has 1 aromatic rings. The number of carboxylic acid groups (broad SMARTS) is 1. The molecule has 2 rings (SSSR count). The van der Waals surface area contributed by atoms with Crippen LogP contribution in [0.1, 0.15) is 32.3 Å². The first kappa shape index (κ1) is 16.1. The molecule has 1 aliphatic rings. The van der Waals surface area contributed by atoms with Crippen LogP contribution in [-0.2, 0) is 16.0 Å². The Morgan fingerprint density at radius 2 is 2.29 bits per heavy atom. The van der Waals surface area contributed by atoms with Crippen molar-refractivity contribution in [2.45, 2.75) is 39.2 Å². The lowest BCUT2D eigenvalue weighted by Crippen LogP contribution is -2.28. The van der Waals surface area contributed by atoms with Crippen molar-refractivity contribution in [2.24, 2.45) is 5.41 Å². The SMILES string of the molecule is CC(C)(Cc1ccc(OC2CCCOC2)c(Cl)c1)C(=O)O. The van der Waals surface area contributed by atoms with Gasteiger partial charge in [0.15, 0.2) is 0 Å². The van der Waals surface area contributed by atoms with Crippen LogP contribution in [-0.4, -0.2) is 30.4 Å². The lowest BCUT2D eigenvalue weighted by molar-refractivity contribution is -0.146. The molecule has 0 bridgehead atoms. The maximum atomic E-state index is 11.2. The molecular weight excluding hydrogens is 292 g/mol. The van der Waals surface area contributed by atoms with Gasteiger partial charge in [0, 0.05) is 6.61 Å². The molecule has 0 saturated carbocycles. The summed E-state index contributed by atoms with van der Waals surface area (Å²) in [5, 5.41) is 9.68. The molecule has 1 unspecified atom stereocenters. The molecule has 0 spiro atoms. The van der Waals surface area contributed by atoms with Gasteiger partial charge in [0.2, 0.25) is 0 Å². The Morgan fingerprint density at radius 3 is 2.86 bits per heavy atom.